The molecule has 4 nitrogen and oxygen atoms in total. The van der Waals surface area contributed by atoms with Gasteiger partial charge in [-0.3, -0.25) is 9.80 Å². The van der Waals surface area contributed by atoms with Gasteiger partial charge in [0, 0.05) is 51.9 Å². The molecule has 2 fully saturated rings. The van der Waals surface area contributed by atoms with Crippen LogP contribution in [-0.2, 0) is 4.74 Å². The molecule has 2 saturated heterocycles. The third-order valence-corrected chi connectivity index (χ3v) is 4.10. The van der Waals surface area contributed by atoms with Crippen LogP contribution < -0.4 is 5.32 Å². The summed E-state index contributed by atoms with van der Waals surface area (Å²) in [7, 11) is 0. The Labute approximate surface area is 112 Å². The van der Waals surface area contributed by atoms with Crippen molar-refractivity contribution in [1.29, 1.82) is 0 Å². The average molecular weight is 255 g/mol. The Morgan fingerprint density at radius 1 is 1.22 bits per heavy atom. The fraction of sp³-hybridized carbons (Fsp3) is 1.00. The van der Waals surface area contributed by atoms with Crippen molar-refractivity contribution in [3.8, 4) is 0 Å². The minimum atomic E-state index is 0.385. The molecule has 0 bridgehead atoms. The SMILES string of the molecule is CC1CNCC(C)(C)CN1CCN1CCOCC1. The normalized spacial score (nSPS) is 31.2. The summed E-state index contributed by atoms with van der Waals surface area (Å²) in [6.45, 7) is 16.9. The third kappa shape index (κ3) is 4.19. The zero-order valence-corrected chi connectivity index (χ0v) is 12.2. The lowest BCUT2D eigenvalue weighted by molar-refractivity contribution is 0.0297. The molecule has 2 aliphatic rings. The van der Waals surface area contributed by atoms with Crippen LogP contribution in [0.2, 0.25) is 0 Å². The number of hydrogen-bond donors (Lipinski definition) is 1. The lowest BCUT2D eigenvalue weighted by Crippen LogP contribution is -2.46. The summed E-state index contributed by atoms with van der Waals surface area (Å²) in [5.41, 5.74) is 0.385. The summed E-state index contributed by atoms with van der Waals surface area (Å²) in [6.07, 6.45) is 0. The van der Waals surface area contributed by atoms with Crippen LogP contribution in [0.4, 0.5) is 0 Å². The molecule has 106 valence electrons. The molecule has 4 heteroatoms. The molecule has 1 atom stereocenters. The van der Waals surface area contributed by atoms with Crippen molar-refractivity contribution in [2.24, 2.45) is 5.41 Å². The van der Waals surface area contributed by atoms with Gasteiger partial charge in [0.15, 0.2) is 0 Å². The van der Waals surface area contributed by atoms with Gasteiger partial charge in [0.1, 0.15) is 0 Å². The van der Waals surface area contributed by atoms with Gasteiger partial charge >= 0.3 is 0 Å². The van der Waals surface area contributed by atoms with Gasteiger partial charge in [-0.05, 0) is 12.3 Å². The Bertz CT molecular complexity index is 251. The smallest absolute Gasteiger partial charge is 0.0594 e. The van der Waals surface area contributed by atoms with Gasteiger partial charge in [0.05, 0.1) is 13.2 Å². The summed E-state index contributed by atoms with van der Waals surface area (Å²) < 4.78 is 5.40. The van der Waals surface area contributed by atoms with E-state index in [1.165, 1.54) is 19.6 Å². The van der Waals surface area contributed by atoms with Crippen LogP contribution >= 0.6 is 0 Å². The van der Waals surface area contributed by atoms with E-state index in [1.54, 1.807) is 0 Å². The van der Waals surface area contributed by atoms with Crippen LogP contribution in [0.25, 0.3) is 0 Å². The second kappa shape index (κ2) is 6.33. The van der Waals surface area contributed by atoms with Gasteiger partial charge in [0.25, 0.3) is 0 Å². The van der Waals surface area contributed by atoms with Gasteiger partial charge in [-0.2, -0.15) is 0 Å². The second-order valence-electron chi connectivity index (χ2n) is 6.57. The van der Waals surface area contributed by atoms with Gasteiger partial charge in [0.2, 0.25) is 0 Å². The van der Waals surface area contributed by atoms with Crippen LogP contribution in [0.15, 0.2) is 0 Å². The molecule has 1 N–H and O–H groups in total. The fourth-order valence-electron chi connectivity index (χ4n) is 2.90. The van der Waals surface area contributed by atoms with Gasteiger partial charge < -0.3 is 10.1 Å². The standard InChI is InChI=1S/C14H29N3O/c1-13-10-15-11-14(2,3)12-17(13)5-4-16-6-8-18-9-7-16/h13,15H,4-12H2,1-3H3. The van der Waals surface area contributed by atoms with Crippen LogP contribution in [0, 0.1) is 5.41 Å². The molecule has 18 heavy (non-hydrogen) atoms. The first-order chi connectivity index (χ1) is 8.57. The van der Waals surface area contributed by atoms with Crippen LogP contribution in [-0.4, -0.2) is 74.9 Å². The van der Waals surface area contributed by atoms with Crippen molar-refractivity contribution in [3.63, 3.8) is 0 Å². The molecule has 0 aromatic carbocycles. The molecule has 0 saturated carbocycles. The van der Waals surface area contributed by atoms with E-state index in [1.807, 2.05) is 0 Å². The molecule has 0 amide bonds. The molecular weight excluding hydrogens is 226 g/mol. The Morgan fingerprint density at radius 3 is 2.67 bits per heavy atom. The van der Waals surface area contributed by atoms with E-state index in [-0.39, 0.29) is 0 Å². The predicted octanol–water partition coefficient (Wildman–Crippen LogP) is 0.639. The summed E-state index contributed by atoms with van der Waals surface area (Å²) in [5.74, 6) is 0. The van der Waals surface area contributed by atoms with E-state index in [0.29, 0.717) is 11.5 Å². The van der Waals surface area contributed by atoms with E-state index in [0.717, 1.165) is 39.4 Å². The number of nitrogens with one attached hydrogen (secondary N) is 1. The molecule has 0 aliphatic carbocycles. The minimum Gasteiger partial charge on any atom is -0.379 e. The zero-order chi connectivity index (χ0) is 13.0. The number of rotatable bonds is 3. The summed E-state index contributed by atoms with van der Waals surface area (Å²) in [6, 6.07) is 0.646. The fourth-order valence-corrected chi connectivity index (χ4v) is 2.90. The lowest BCUT2D eigenvalue weighted by atomic mass is 9.93. The Morgan fingerprint density at radius 2 is 1.94 bits per heavy atom. The molecule has 2 rings (SSSR count). The van der Waals surface area contributed by atoms with Gasteiger partial charge in [-0.25, -0.2) is 0 Å². The number of nitrogens with zero attached hydrogens (tertiary/aromatic N) is 2. The quantitative estimate of drug-likeness (QED) is 0.801. The lowest BCUT2D eigenvalue weighted by Gasteiger charge is -2.35. The highest BCUT2D eigenvalue weighted by molar-refractivity contribution is 4.85. The highest BCUT2D eigenvalue weighted by Gasteiger charge is 2.28. The first kappa shape index (κ1) is 14.3. The summed E-state index contributed by atoms with van der Waals surface area (Å²) in [5, 5.41) is 3.58. The number of morpholine rings is 1. The monoisotopic (exact) mass is 255 g/mol. The average Bonchev–Trinajstić information content (AvgIpc) is 2.47. The van der Waals surface area contributed by atoms with E-state index in [2.05, 4.69) is 35.9 Å². The molecule has 0 radical (unpaired) electrons. The van der Waals surface area contributed by atoms with E-state index in [4.69, 9.17) is 4.74 Å². The zero-order valence-electron chi connectivity index (χ0n) is 12.2. The topological polar surface area (TPSA) is 27.7 Å². The third-order valence-electron chi connectivity index (χ3n) is 4.10. The molecule has 0 aromatic heterocycles. The van der Waals surface area contributed by atoms with Crippen LogP contribution in [0.1, 0.15) is 20.8 Å². The number of hydrogen-bond acceptors (Lipinski definition) is 4. The van der Waals surface area contributed by atoms with Crippen molar-refractivity contribution in [2.45, 2.75) is 26.8 Å². The second-order valence-corrected chi connectivity index (χ2v) is 6.57. The maximum Gasteiger partial charge on any atom is 0.0594 e. The van der Waals surface area contributed by atoms with E-state index < -0.39 is 0 Å². The summed E-state index contributed by atoms with van der Waals surface area (Å²) >= 11 is 0. The van der Waals surface area contributed by atoms with Crippen LogP contribution in [0.5, 0.6) is 0 Å². The Hall–Kier alpha value is -0.160. The molecule has 0 spiro atoms. The predicted molar refractivity (Wildman–Crippen MR) is 74.9 cm³/mol. The minimum absolute atomic E-state index is 0.385. The highest BCUT2D eigenvalue weighted by Crippen LogP contribution is 2.20. The highest BCUT2D eigenvalue weighted by atomic mass is 16.5. The largest absolute Gasteiger partial charge is 0.379 e. The molecular formula is C14H29N3O. The van der Waals surface area contributed by atoms with Crippen LogP contribution in [0.3, 0.4) is 0 Å². The first-order valence-electron chi connectivity index (χ1n) is 7.32. The van der Waals surface area contributed by atoms with Crippen molar-refractivity contribution >= 4 is 0 Å². The first-order valence-corrected chi connectivity index (χ1v) is 7.32. The molecule has 1 unspecified atom stereocenters. The molecule has 2 heterocycles. The summed E-state index contributed by atoms with van der Waals surface area (Å²) in [4.78, 5) is 5.18. The van der Waals surface area contributed by atoms with E-state index >= 15 is 0 Å². The van der Waals surface area contributed by atoms with Crippen molar-refractivity contribution in [3.05, 3.63) is 0 Å². The van der Waals surface area contributed by atoms with Crippen molar-refractivity contribution in [1.82, 2.24) is 15.1 Å². The Kier molecular flexibility index (Phi) is 5.01. The van der Waals surface area contributed by atoms with E-state index in [9.17, 15) is 0 Å². The van der Waals surface area contributed by atoms with Crippen molar-refractivity contribution in [2.75, 3.05) is 59.0 Å². The maximum absolute atomic E-state index is 5.40. The Balaban J connectivity index is 1.81. The molecule has 0 aromatic rings. The maximum atomic E-state index is 5.40. The van der Waals surface area contributed by atoms with Gasteiger partial charge in [-0.1, -0.05) is 13.8 Å². The number of ether oxygens (including phenoxy) is 1. The van der Waals surface area contributed by atoms with Crippen molar-refractivity contribution < 1.29 is 4.74 Å². The van der Waals surface area contributed by atoms with Gasteiger partial charge in [-0.15, -0.1) is 0 Å². The molecule has 2 aliphatic heterocycles.